The first-order chi connectivity index (χ1) is 6.47. The second-order valence-electron chi connectivity index (χ2n) is 2.72. The van der Waals surface area contributed by atoms with E-state index < -0.39 is 9.84 Å². The van der Waals surface area contributed by atoms with Gasteiger partial charge in [0.25, 0.3) is 0 Å². The third-order valence-electron chi connectivity index (χ3n) is 1.66. The summed E-state index contributed by atoms with van der Waals surface area (Å²) in [5.41, 5.74) is 0.653. The van der Waals surface area contributed by atoms with Gasteiger partial charge in [0.05, 0.1) is 11.4 Å². The standard InChI is InChI=1S/C8H9BrClNO2S/c1-6-7(9)2-3-8(11-6)14(12,13)5-4-10/h2-3H,4-5H2,1H3. The summed E-state index contributed by atoms with van der Waals surface area (Å²) in [5.74, 6) is 0.00174. The normalized spacial score (nSPS) is 11.6. The molecule has 78 valence electrons. The van der Waals surface area contributed by atoms with Gasteiger partial charge in [-0.3, -0.25) is 0 Å². The molecule has 3 nitrogen and oxygen atoms in total. The number of sulfone groups is 1. The minimum Gasteiger partial charge on any atom is -0.240 e. The number of pyridine rings is 1. The van der Waals surface area contributed by atoms with Crippen molar-refractivity contribution in [1.29, 1.82) is 0 Å². The smallest absolute Gasteiger partial charge is 0.196 e. The highest BCUT2D eigenvalue weighted by Gasteiger charge is 2.15. The highest BCUT2D eigenvalue weighted by atomic mass is 79.9. The van der Waals surface area contributed by atoms with Crippen molar-refractivity contribution in [2.45, 2.75) is 11.9 Å². The van der Waals surface area contributed by atoms with Gasteiger partial charge in [0.2, 0.25) is 0 Å². The average Bonchev–Trinajstić information content (AvgIpc) is 2.09. The van der Waals surface area contributed by atoms with Crippen LogP contribution in [0.15, 0.2) is 21.6 Å². The van der Waals surface area contributed by atoms with Gasteiger partial charge in [0, 0.05) is 10.4 Å². The molecule has 1 heterocycles. The van der Waals surface area contributed by atoms with Gasteiger partial charge in [-0.25, -0.2) is 13.4 Å². The van der Waals surface area contributed by atoms with Crippen LogP contribution in [0, 0.1) is 6.92 Å². The monoisotopic (exact) mass is 297 g/mol. The predicted molar refractivity (Wildman–Crippen MR) is 59.4 cm³/mol. The van der Waals surface area contributed by atoms with Gasteiger partial charge in [-0.05, 0) is 35.0 Å². The SMILES string of the molecule is Cc1nc(S(=O)(=O)CCCl)ccc1Br. The Morgan fingerprint density at radius 2 is 2.14 bits per heavy atom. The van der Waals surface area contributed by atoms with Gasteiger partial charge in [0.15, 0.2) is 14.9 Å². The van der Waals surface area contributed by atoms with Crippen LogP contribution in [0.25, 0.3) is 0 Å². The summed E-state index contributed by atoms with van der Waals surface area (Å²) < 4.78 is 23.9. The van der Waals surface area contributed by atoms with Crippen LogP contribution in [-0.4, -0.2) is 25.0 Å². The molecule has 0 unspecified atom stereocenters. The molecule has 0 amide bonds. The topological polar surface area (TPSA) is 47.0 Å². The second kappa shape index (κ2) is 4.59. The number of rotatable bonds is 3. The van der Waals surface area contributed by atoms with E-state index in [4.69, 9.17) is 11.6 Å². The van der Waals surface area contributed by atoms with Gasteiger partial charge in [-0.15, -0.1) is 11.6 Å². The Kier molecular flexibility index (Phi) is 3.92. The molecule has 1 aromatic rings. The van der Waals surface area contributed by atoms with Crippen molar-refractivity contribution in [2.24, 2.45) is 0 Å². The first-order valence-corrected chi connectivity index (χ1v) is 6.87. The van der Waals surface area contributed by atoms with Crippen LogP contribution in [0.5, 0.6) is 0 Å². The van der Waals surface area contributed by atoms with Crippen molar-refractivity contribution in [1.82, 2.24) is 4.98 Å². The highest BCUT2D eigenvalue weighted by Crippen LogP contribution is 2.17. The summed E-state index contributed by atoms with van der Waals surface area (Å²) in [4.78, 5) is 3.97. The molecule has 0 atom stereocenters. The molecule has 0 saturated carbocycles. The third-order valence-corrected chi connectivity index (χ3v) is 4.52. The maximum atomic E-state index is 11.5. The minimum absolute atomic E-state index is 0.0807. The largest absolute Gasteiger partial charge is 0.240 e. The fourth-order valence-electron chi connectivity index (χ4n) is 0.900. The zero-order chi connectivity index (χ0) is 10.8. The Bertz CT molecular complexity index is 433. The third kappa shape index (κ3) is 2.68. The summed E-state index contributed by atoms with van der Waals surface area (Å²) in [7, 11) is -3.31. The molecular weight excluding hydrogens is 290 g/mol. The fourth-order valence-corrected chi connectivity index (χ4v) is 2.69. The Morgan fingerprint density at radius 1 is 1.50 bits per heavy atom. The number of nitrogens with zero attached hydrogens (tertiary/aromatic N) is 1. The number of aromatic nitrogens is 1. The molecule has 0 spiro atoms. The summed E-state index contributed by atoms with van der Waals surface area (Å²) in [5, 5.41) is 0.0823. The van der Waals surface area contributed by atoms with Gasteiger partial charge >= 0.3 is 0 Å². The van der Waals surface area contributed by atoms with Crippen LogP contribution < -0.4 is 0 Å². The van der Waals surface area contributed by atoms with Crippen LogP contribution in [0.3, 0.4) is 0 Å². The van der Waals surface area contributed by atoms with E-state index in [-0.39, 0.29) is 16.7 Å². The molecule has 0 aliphatic carbocycles. The molecular formula is C8H9BrClNO2S. The van der Waals surface area contributed by atoms with Crippen molar-refractivity contribution < 1.29 is 8.42 Å². The maximum Gasteiger partial charge on any atom is 0.196 e. The molecule has 6 heteroatoms. The van der Waals surface area contributed by atoms with Crippen LogP contribution in [0.2, 0.25) is 0 Å². The summed E-state index contributed by atoms with van der Waals surface area (Å²) in [6, 6.07) is 3.14. The number of hydrogen-bond acceptors (Lipinski definition) is 3. The lowest BCUT2D eigenvalue weighted by molar-refractivity contribution is 0.593. The molecule has 14 heavy (non-hydrogen) atoms. The Labute approximate surface area is 96.5 Å². The number of aryl methyl sites for hydroxylation is 1. The molecule has 0 aromatic carbocycles. The van der Waals surface area contributed by atoms with E-state index in [1.54, 1.807) is 13.0 Å². The lowest BCUT2D eigenvalue weighted by Gasteiger charge is -2.03. The highest BCUT2D eigenvalue weighted by molar-refractivity contribution is 9.10. The van der Waals surface area contributed by atoms with Crippen molar-refractivity contribution in [3.05, 3.63) is 22.3 Å². The molecule has 0 fully saturated rings. The van der Waals surface area contributed by atoms with Crippen molar-refractivity contribution >= 4 is 37.4 Å². The summed E-state index contributed by atoms with van der Waals surface area (Å²) >= 11 is 8.64. The van der Waals surface area contributed by atoms with E-state index in [1.165, 1.54) is 6.07 Å². The molecule has 1 aromatic heterocycles. The van der Waals surface area contributed by atoms with E-state index in [0.29, 0.717) is 5.69 Å². The quantitative estimate of drug-likeness (QED) is 0.804. The minimum atomic E-state index is -3.31. The average molecular weight is 299 g/mol. The molecule has 0 aliphatic rings. The predicted octanol–water partition coefficient (Wildman–Crippen LogP) is 2.17. The lowest BCUT2D eigenvalue weighted by Crippen LogP contribution is -2.10. The number of halogens is 2. The maximum absolute atomic E-state index is 11.5. The van der Waals surface area contributed by atoms with Gasteiger partial charge in [-0.2, -0.15) is 0 Å². The summed E-state index contributed by atoms with van der Waals surface area (Å²) in [6.45, 7) is 1.74. The van der Waals surface area contributed by atoms with Crippen LogP contribution >= 0.6 is 27.5 Å². The zero-order valence-corrected chi connectivity index (χ0v) is 10.7. The molecule has 0 N–H and O–H groups in total. The van der Waals surface area contributed by atoms with Crippen LogP contribution in [0.1, 0.15) is 5.69 Å². The second-order valence-corrected chi connectivity index (χ2v) is 6.01. The molecule has 0 aliphatic heterocycles. The lowest BCUT2D eigenvalue weighted by atomic mass is 10.4. The van der Waals surface area contributed by atoms with Crippen molar-refractivity contribution in [3.63, 3.8) is 0 Å². The van der Waals surface area contributed by atoms with Gasteiger partial charge in [0.1, 0.15) is 0 Å². The Hall–Kier alpha value is -0.130. The van der Waals surface area contributed by atoms with Crippen LogP contribution in [-0.2, 0) is 9.84 Å². The molecule has 0 saturated heterocycles. The van der Waals surface area contributed by atoms with E-state index >= 15 is 0 Å². The summed E-state index contributed by atoms with van der Waals surface area (Å²) in [6.07, 6.45) is 0. The van der Waals surface area contributed by atoms with Crippen LogP contribution in [0.4, 0.5) is 0 Å². The number of hydrogen-bond donors (Lipinski definition) is 0. The van der Waals surface area contributed by atoms with E-state index in [0.717, 1.165) is 4.47 Å². The van der Waals surface area contributed by atoms with Crippen molar-refractivity contribution in [2.75, 3.05) is 11.6 Å². The van der Waals surface area contributed by atoms with Crippen molar-refractivity contribution in [3.8, 4) is 0 Å². The Balaban J connectivity index is 3.15. The number of alkyl halides is 1. The zero-order valence-electron chi connectivity index (χ0n) is 7.50. The first-order valence-electron chi connectivity index (χ1n) is 3.89. The Morgan fingerprint density at radius 3 is 2.64 bits per heavy atom. The van der Waals surface area contributed by atoms with Gasteiger partial charge < -0.3 is 0 Å². The molecule has 1 rings (SSSR count). The fraction of sp³-hybridized carbons (Fsp3) is 0.375. The van der Waals surface area contributed by atoms with Gasteiger partial charge in [-0.1, -0.05) is 0 Å². The van der Waals surface area contributed by atoms with E-state index in [1.807, 2.05) is 0 Å². The molecule has 0 radical (unpaired) electrons. The van der Waals surface area contributed by atoms with E-state index in [9.17, 15) is 8.42 Å². The first kappa shape index (κ1) is 11.9. The molecule has 0 bridgehead atoms. The van der Waals surface area contributed by atoms with E-state index in [2.05, 4.69) is 20.9 Å².